The number of likely N-dealkylation sites (tertiary alicyclic amines) is 1. The Bertz CT molecular complexity index is 1730. The Kier molecular flexibility index (Phi) is 8.15. The molecule has 4 aromatic rings. The van der Waals surface area contributed by atoms with E-state index in [1.807, 2.05) is 72.3 Å². The van der Waals surface area contributed by atoms with Crippen molar-refractivity contribution in [1.29, 1.82) is 0 Å². The molecular formula is C32H31Cl2F2N5O2. The van der Waals surface area contributed by atoms with Crippen LogP contribution in [0.3, 0.4) is 0 Å². The highest BCUT2D eigenvalue weighted by molar-refractivity contribution is 6.38. The number of amides is 1. The second kappa shape index (κ2) is 11.9. The van der Waals surface area contributed by atoms with Gasteiger partial charge < -0.3 is 14.5 Å². The minimum Gasteiger partial charge on any atom is -0.462 e. The van der Waals surface area contributed by atoms with Gasteiger partial charge in [0.2, 0.25) is 0 Å². The average Bonchev–Trinajstić information content (AvgIpc) is 3.31. The number of likely N-dealkylation sites (N-methyl/N-ethyl adjacent to an activating group) is 1. The number of halogens is 4. The van der Waals surface area contributed by atoms with E-state index < -0.39 is 17.9 Å². The zero-order chi connectivity index (χ0) is 30.4. The van der Waals surface area contributed by atoms with Crippen LogP contribution in [0.4, 0.5) is 14.6 Å². The van der Waals surface area contributed by atoms with Crippen LogP contribution in [0.25, 0.3) is 32.8 Å². The fraction of sp³-hybridized carbons (Fsp3) is 0.344. The van der Waals surface area contributed by atoms with E-state index >= 15 is 0 Å². The maximum Gasteiger partial charge on any atom is 0.319 e. The molecule has 2 fully saturated rings. The topological polar surface area (TPSA) is 61.8 Å². The fourth-order valence-corrected chi connectivity index (χ4v) is 6.68. The Hall–Kier alpha value is -3.53. The van der Waals surface area contributed by atoms with Gasteiger partial charge in [0.25, 0.3) is 5.91 Å². The molecule has 1 aromatic heterocycles. The molecule has 224 valence electrons. The largest absolute Gasteiger partial charge is 0.462 e. The summed E-state index contributed by atoms with van der Waals surface area (Å²) in [6.07, 6.45) is -0.519. The highest BCUT2D eigenvalue weighted by atomic mass is 35.5. The quantitative estimate of drug-likeness (QED) is 0.222. The summed E-state index contributed by atoms with van der Waals surface area (Å²) in [6, 6.07) is 15.3. The van der Waals surface area contributed by atoms with Crippen LogP contribution >= 0.6 is 23.2 Å². The molecule has 1 amide bonds. The summed E-state index contributed by atoms with van der Waals surface area (Å²) in [7, 11) is 1.87. The Morgan fingerprint density at radius 2 is 1.84 bits per heavy atom. The van der Waals surface area contributed by atoms with Crippen molar-refractivity contribution in [2.24, 2.45) is 0 Å². The predicted molar refractivity (Wildman–Crippen MR) is 168 cm³/mol. The Balaban J connectivity index is 1.44. The molecule has 3 aromatic carbocycles. The molecule has 6 rings (SSSR count). The van der Waals surface area contributed by atoms with Crippen molar-refractivity contribution in [3.8, 4) is 17.1 Å². The van der Waals surface area contributed by atoms with Crippen molar-refractivity contribution in [3.05, 3.63) is 71.0 Å². The van der Waals surface area contributed by atoms with E-state index in [9.17, 15) is 13.6 Å². The molecule has 3 heterocycles. The molecule has 0 radical (unpaired) electrons. The number of anilines is 1. The van der Waals surface area contributed by atoms with Crippen LogP contribution in [-0.4, -0.2) is 83.8 Å². The molecule has 2 saturated heterocycles. The van der Waals surface area contributed by atoms with Crippen LogP contribution in [0.1, 0.15) is 13.3 Å². The summed E-state index contributed by atoms with van der Waals surface area (Å²) < 4.78 is 33.7. The first-order chi connectivity index (χ1) is 20.6. The summed E-state index contributed by atoms with van der Waals surface area (Å²) in [6.45, 7) is 6.67. The molecule has 3 atom stereocenters. The van der Waals surface area contributed by atoms with Gasteiger partial charge in [-0.25, -0.2) is 8.78 Å². The number of hydrogen-bond donors (Lipinski definition) is 0. The SMILES string of the molecule is C=C(F)C(=O)N1CCN(c2nc(OC[C@@H]3C[C@@H](F)CN3C)nc3cc(-c4cccc5cccc(Cl)c45)c(Cl)cc23)[C@@H](C)C1. The van der Waals surface area contributed by atoms with Gasteiger partial charge in [-0.1, -0.05) is 60.1 Å². The van der Waals surface area contributed by atoms with Gasteiger partial charge in [-0.2, -0.15) is 9.97 Å². The number of aromatic nitrogens is 2. The van der Waals surface area contributed by atoms with Crippen LogP contribution < -0.4 is 9.64 Å². The number of fused-ring (bicyclic) bond motifs is 2. The molecule has 2 aliphatic heterocycles. The third-order valence-corrected chi connectivity index (χ3v) is 8.98. The van der Waals surface area contributed by atoms with Crippen molar-refractivity contribution >= 4 is 56.6 Å². The molecule has 11 heteroatoms. The maximum absolute atomic E-state index is 14.0. The highest BCUT2D eigenvalue weighted by Gasteiger charge is 2.32. The van der Waals surface area contributed by atoms with Crippen LogP contribution in [0.5, 0.6) is 6.01 Å². The number of ether oxygens (including phenoxy) is 1. The van der Waals surface area contributed by atoms with Gasteiger partial charge in [0.05, 0.1) is 5.52 Å². The van der Waals surface area contributed by atoms with Crippen LogP contribution in [0.2, 0.25) is 10.0 Å². The highest BCUT2D eigenvalue weighted by Crippen LogP contribution is 2.41. The van der Waals surface area contributed by atoms with Crippen LogP contribution in [-0.2, 0) is 4.79 Å². The van der Waals surface area contributed by atoms with Gasteiger partial charge in [0, 0.05) is 64.6 Å². The lowest BCUT2D eigenvalue weighted by Crippen LogP contribution is -2.54. The summed E-state index contributed by atoms with van der Waals surface area (Å²) in [5.41, 5.74) is 2.23. The Labute approximate surface area is 258 Å². The second-order valence-corrected chi connectivity index (χ2v) is 12.1. The number of hydrogen-bond acceptors (Lipinski definition) is 6. The number of benzene rings is 3. The van der Waals surface area contributed by atoms with E-state index in [2.05, 4.69) is 6.58 Å². The first-order valence-electron chi connectivity index (χ1n) is 14.2. The first-order valence-corrected chi connectivity index (χ1v) is 14.9. The maximum atomic E-state index is 14.0. The van der Waals surface area contributed by atoms with Crippen molar-refractivity contribution in [1.82, 2.24) is 19.8 Å². The number of rotatable bonds is 6. The van der Waals surface area contributed by atoms with E-state index in [1.54, 1.807) is 0 Å². The minimum absolute atomic E-state index is 0.0985. The molecule has 0 N–H and O–H groups in total. The monoisotopic (exact) mass is 625 g/mol. The van der Waals surface area contributed by atoms with Crippen molar-refractivity contribution in [2.75, 3.05) is 44.7 Å². The molecule has 0 bridgehead atoms. The number of nitrogens with zero attached hydrogens (tertiary/aromatic N) is 5. The van der Waals surface area contributed by atoms with Gasteiger partial charge in [-0.15, -0.1) is 0 Å². The van der Waals surface area contributed by atoms with Crippen molar-refractivity contribution < 1.29 is 18.3 Å². The summed E-state index contributed by atoms with van der Waals surface area (Å²) in [5.74, 6) is -1.10. The van der Waals surface area contributed by atoms with E-state index in [0.29, 0.717) is 52.8 Å². The lowest BCUT2D eigenvalue weighted by Gasteiger charge is -2.40. The molecule has 0 unspecified atom stereocenters. The summed E-state index contributed by atoms with van der Waals surface area (Å²) >= 11 is 13.6. The standard InChI is InChI=1S/C32H31Cl2F2N5O2/c1-18-15-40(31(42)19(2)35)10-11-41(18)30-25-13-27(34)24(23-8-4-6-20-7-5-9-26(33)29(20)23)14-28(25)37-32(38-30)43-17-22-12-21(36)16-39(22)3/h4-9,13-14,18,21-22H,2,10-12,15-17H2,1,3H3/t18-,21+,22-/m0/s1. The molecule has 43 heavy (non-hydrogen) atoms. The van der Waals surface area contributed by atoms with E-state index in [4.69, 9.17) is 37.9 Å². The molecular weight excluding hydrogens is 595 g/mol. The van der Waals surface area contributed by atoms with Crippen LogP contribution in [0, 0.1) is 0 Å². The summed E-state index contributed by atoms with van der Waals surface area (Å²) in [4.78, 5) is 27.3. The smallest absolute Gasteiger partial charge is 0.319 e. The zero-order valence-corrected chi connectivity index (χ0v) is 25.4. The van der Waals surface area contributed by atoms with Gasteiger partial charge >= 0.3 is 6.01 Å². The van der Waals surface area contributed by atoms with E-state index in [1.165, 1.54) is 4.90 Å². The lowest BCUT2D eigenvalue weighted by molar-refractivity contribution is -0.129. The number of piperazine rings is 1. The Morgan fingerprint density at radius 3 is 2.53 bits per heavy atom. The van der Waals surface area contributed by atoms with Gasteiger partial charge in [0.1, 0.15) is 18.6 Å². The fourth-order valence-electron chi connectivity index (χ4n) is 6.13. The second-order valence-electron chi connectivity index (χ2n) is 11.3. The minimum atomic E-state index is -0.982. The van der Waals surface area contributed by atoms with Crippen molar-refractivity contribution in [2.45, 2.75) is 31.6 Å². The molecule has 0 spiro atoms. The molecule has 7 nitrogen and oxygen atoms in total. The first kappa shape index (κ1) is 29.5. The average molecular weight is 627 g/mol. The summed E-state index contributed by atoms with van der Waals surface area (Å²) in [5, 5.41) is 3.68. The molecule has 0 saturated carbocycles. The third kappa shape index (κ3) is 5.73. The van der Waals surface area contributed by atoms with Gasteiger partial charge in [-0.3, -0.25) is 9.69 Å². The van der Waals surface area contributed by atoms with Crippen molar-refractivity contribution in [3.63, 3.8) is 0 Å². The van der Waals surface area contributed by atoms with E-state index in [0.717, 1.165) is 21.9 Å². The van der Waals surface area contributed by atoms with E-state index in [-0.39, 0.29) is 31.2 Å². The molecule has 0 aliphatic carbocycles. The van der Waals surface area contributed by atoms with Crippen LogP contribution in [0.15, 0.2) is 60.9 Å². The third-order valence-electron chi connectivity index (χ3n) is 8.35. The van der Waals surface area contributed by atoms with Gasteiger partial charge in [0.15, 0.2) is 5.83 Å². The Morgan fingerprint density at radius 1 is 1.07 bits per heavy atom. The number of carbonyl (C=O) groups is 1. The normalized spacial score (nSPS) is 21.1. The number of alkyl halides is 1. The predicted octanol–water partition coefficient (Wildman–Crippen LogP) is 6.70. The lowest BCUT2D eigenvalue weighted by atomic mass is 9.97. The molecule has 2 aliphatic rings. The number of carbonyl (C=O) groups excluding carboxylic acids is 1. The zero-order valence-electron chi connectivity index (χ0n) is 23.9. The van der Waals surface area contributed by atoms with Gasteiger partial charge in [-0.05, 0) is 49.5 Å².